The second kappa shape index (κ2) is 2.95. The van der Waals surface area contributed by atoms with Crippen LogP contribution in [0.25, 0.3) is 0 Å². The van der Waals surface area contributed by atoms with Crippen molar-refractivity contribution in [3.8, 4) is 0 Å². The highest BCUT2D eigenvalue weighted by molar-refractivity contribution is 5.32. The van der Waals surface area contributed by atoms with Gasteiger partial charge in [0.15, 0.2) is 0 Å². The van der Waals surface area contributed by atoms with Crippen molar-refractivity contribution >= 4 is 0 Å². The SMILES string of the molecule is C1=CCC2=C(C=C1)NCCC2. The van der Waals surface area contributed by atoms with Gasteiger partial charge in [-0.15, -0.1) is 0 Å². The van der Waals surface area contributed by atoms with Gasteiger partial charge in [0.25, 0.3) is 0 Å². The van der Waals surface area contributed by atoms with E-state index in [-0.39, 0.29) is 0 Å². The minimum atomic E-state index is 1.13. The summed E-state index contributed by atoms with van der Waals surface area (Å²) in [6, 6.07) is 0. The van der Waals surface area contributed by atoms with Gasteiger partial charge in [0, 0.05) is 12.2 Å². The van der Waals surface area contributed by atoms with Crippen LogP contribution in [0.1, 0.15) is 19.3 Å². The minimum Gasteiger partial charge on any atom is -0.385 e. The fourth-order valence-electron chi connectivity index (χ4n) is 1.61. The highest BCUT2D eigenvalue weighted by Crippen LogP contribution is 2.20. The molecule has 0 aromatic rings. The molecule has 0 atom stereocenters. The van der Waals surface area contributed by atoms with Crippen LogP contribution in [0.4, 0.5) is 0 Å². The monoisotopic (exact) mass is 147 g/mol. The van der Waals surface area contributed by atoms with Crippen LogP contribution in [-0.4, -0.2) is 6.54 Å². The lowest BCUT2D eigenvalue weighted by Gasteiger charge is -2.18. The largest absolute Gasteiger partial charge is 0.385 e. The van der Waals surface area contributed by atoms with E-state index >= 15 is 0 Å². The van der Waals surface area contributed by atoms with Crippen molar-refractivity contribution in [3.05, 3.63) is 35.6 Å². The zero-order valence-corrected chi connectivity index (χ0v) is 6.64. The molecule has 0 bridgehead atoms. The first-order chi connectivity index (χ1) is 5.47. The van der Waals surface area contributed by atoms with Crippen LogP contribution < -0.4 is 5.32 Å². The normalized spacial score (nSPS) is 22.5. The van der Waals surface area contributed by atoms with E-state index in [4.69, 9.17) is 0 Å². The number of allylic oxidation sites excluding steroid dienone is 5. The highest BCUT2D eigenvalue weighted by atomic mass is 14.9. The Balaban J connectivity index is 2.26. The molecule has 1 heteroatoms. The standard InChI is InChI=1S/C10H13N/c1-2-5-9-6-4-8-11-10(9)7-3-1/h1-3,7,11H,4-6,8H2. The maximum absolute atomic E-state index is 3.41. The molecule has 2 rings (SSSR count). The Morgan fingerprint density at radius 1 is 1.27 bits per heavy atom. The van der Waals surface area contributed by atoms with E-state index in [2.05, 4.69) is 29.6 Å². The molecule has 0 saturated carbocycles. The predicted molar refractivity (Wildman–Crippen MR) is 47.2 cm³/mol. The Hall–Kier alpha value is -0.980. The highest BCUT2D eigenvalue weighted by Gasteiger charge is 2.08. The van der Waals surface area contributed by atoms with E-state index in [0.29, 0.717) is 0 Å². The zero-order valence-electron chi connectivity index (χ0n) is 6.64. The number of hydrogen-bond donors (Lipinski definition) is 1. The molecule has 1 N–H and O–H groups in total. The Morgan fingerprint density at radius 2 is 2.27 bits per heavy atom. The Morgan fingerprint density at radius 3 is 3.27 bits per heavy atom. The number of nitrogens with one attached hydrogen (secondary N) is 1. The molecule has 1 heterocycles. The Kier molecular flexibility index (Phi) is 1.80. The van der Waals surface area contributed by atoms with E-state index in [1.807, 2.05) is 0 Å². The van der Waals surface area contributed by atoms with Crippen LogP contribution in [0.15, 0.2) is 35.6 Å². The van der Waals surface area contributed by atoms with E-state index < -0.39 is 0 Å². The van der Waals surface area contributed by atoms with Gasteiger partial charge in [-0.3, -0.25) is 0 Å². The molecule has 0 saturated heterocycles. The maximum atomic E-state index is 3.41. The van der Waals surface area contributed by atoms with Gasteiger partial charge >= 0.3 is 0 Å². The topological polar surface area (TPSA) is 12.0 Å². The van der Waals surface area contributed by atoms with Crippen molar-refractivity contribution in [2.75, 3.05) is 6.54 Å². The fraction of sp³-hybridized carbons (Fsp3) is 0.400. The Labute approximate surface area is 67.5 Å². The molecule has 1 nitrogen and oxygen atoms in total. The smallest absolute Gasteiger partial charge is 0.0335 e. The fourth-order valence-corrected chi connectivity index (χ4v) is 1.61. The van der Waals surface area contributed by atoms with Crippen LogP contribution in [0, 0.1) is 0 Å². The molecule has 1 aliphatic carbocycles. The predicted octanol–water partition coefficient (Wildman–Crippen LogP) is 2.14. The first kappa shape index (κ1) is 6.71. The lowest BCUT2D eigenvalue weighted by atomic mass is 10.0. The van der Waals surface area contributed by atoms with Crippen LogP contribution in [0.5, 0.6) is 0 Å². The van der Waals surface area contributed by atoms with Crippen LogP contribution in [-0.2, 0) is 0 Å². The summed E-state index contributed by atoms with van der Waals surface area (Å²) in [6.07, 6.45) is 12.3. The summed E-state index contributed by atoms with van der Waals surface area (Å²) in [5, 5.41) is 3.41. The molecule has 0 aromatic carbocycles. The summed E-state index contributed by atoms with van der Waals surface area (Å²) in [7, 11) is 0. The van der Waals surface area contributed by atoms with E-state index in [1.165, 1.54) is 18.5 Å². The van der Waals surface area contributed by atoms with E-state index in [0.717, 1.165) is 13.0 Å². The van der Waals surface area contributed by atoms with Gasteiger partial charge in [-0.2, -0.15) is 0 Å². The average molecular weight is 147 g/mol. The zero-order chi connectivity index (χ0) is 7.52. The van der Waals surface area contributed by atoms with Crippen molar-refractivity contribution in [3.63, 3.8) is 0 Å². The second-order valence-electron chi connectivity index (χ2n) is 3.04. The third-order valence-electron chi connectivity index (χ3n) is 2.23. The molecule has 0 fully saturated rings. The summed E-state index contributed by atoms with van der Waals surface area (Å²) in [4.78, 5) is 0. The third-order valence-corrected chi connectivity index (χ3v) is 2.23. The van der Waals surface area contributed by atoms with Crippen molar-refractivity contribution in [1.29, 1.82) is 0 Å². The summed E-state index contributed by atoms with van der Waals surface area (Å²) >= 11 is 0. The Bertz CT molecular complexity index is 233. The minimum absolute atomic E-state index is 1.13. The molecule has 58 valence electrons. The quantitative estimate of drug-likeness (QED) is 0.553. The molecule has 0 unspecified atom stereocenters. The maximum Gasteiger partial charge on any atom is 0.0335 e. The molecular formula is C10H13N. The van der Waals surface area contributed by atoms with Gasteiger partial charge in [0.2, 0.25) is 0 Å². The van der Waals surface area contributed by atoms with E-state index in [1.54, 1.807) is 5.57 Å². The second-order valence-corrected chi connectivity index (χ2v) is 3.04. The van der Waals surface area contributed by atoms with Crippen molar-refractivity contribution in [2.24, 2.45) is 0 Å². The molecule has 1 aliphatic heterocycles. The molecule has 0 amide bonds. The molecular weight excluding hydrogens is 134 g/mol. The summed E-state index contributed by atoms with van der Waals surface area (Å²) in [5.74, 6) is 0. The van der Waals surface area contributed by atoms with Gasteiger partial charge in [0.05, 0.1) is 0 Å². The van der Waals surface area contributed by atoms with Crippen LogP contribution >= 0.6 is 0 Å². The van der Waals surface area contributed by atoms with E-state index in [9.17, 15) is 0 Å². The van der Waals surface area contributed by atoms with Gasteiger partial charge in [-0.25, -0.2) is 0 Å². The lowest BCUT2D eigenvalue weighted by molar-refractivity contribution is 0.666. The van der Waals surface area contributed by atoms with Crippen LogP contribution in [0.3, 0.4) is 0 Å². The number of hydrogen-bond acceptors (Lipinski definition) is 1. The summed E-state index contributed by atoms with van der Waals surface area (Å²) in [5.41, 5.74) is 2.93. The van der Waals surface area contributed by atoms with Crippen molar-refractivity contribution in [1.82, 2.24) is 5.32 Å². The first-order valence-corrected chi connectivity index (χ1v) is 4.26. The van der Waals surface area contributed by atoms with Crippen molar-refractivity contribution in [2.45, 2.75) is 19.3 Å². The van der Waals surface area contributed by atoms with Gasteiger partial charge in [-0.05, 0) is 30.9 Å². The van der Waals surface area contributed by atoms with Crippen LogP contribution in [0.2, 0.25) is 0 Å². The van der Waals surface area contributed by atoms with Gasteiger partial charge in [0.1, 0.15) is 0 Å². The molecule has 11 heavy (non-hydrogen) atoms. The summed E-state index contributed by atoms with van der Waals surface area (Å²) < 4.78 is 0. The molecule has 0 radical (unpaired) electrons. The number of rotatable bonds is 0. The average Bonchev–Trinajstić information content (AvgIpc) is 2.28. The molecule has 0 aromatic heterocycles. The van der Waals surface area contributed by atoms with Crippen molar-refractivity contribution < 1.29 is 0 Å². The third kappa shape index (κ3) is 1.37. The van der Waals surface area contributed by atoms with Gasteiger partial charge < -0.3 is 5.32 Å². The lowest BCUT2D eigenvalue weighted by Crippen LogP contribution is -2.20. The molecule has 2 aliphatic rings. The first-order valence-electron chi connectivity index (χ1n) is 4.26. The summed E-state index contributed by atoms with van der Waals surface area (Å²) in [6.45, 7) is 1.14. The van der Waals surface area contributed by atoms with Gasteiger partial charge in [-0.1, -0.05) is 18.2 Å². The molecule has 0 spiro atoms.